The van der Waals surface area contributed by atoms with Gasteiger partial charge in [-0.1, -0.05) is 12.1 Å². The summed E-state index contributed by atoms with van der Waals surface area (Å²) in [5.41, 5.74) is 5.50. The Hall–Kier alpha value is -0.810. The van der Waals surface area contributed by atoms with E-state index in [1.54, 1.807) is 0 Å². The zero-order chi connectivity index (χ0) is 11.4. The Morgan fingerprint density at radius 3 is 2.67 bits per heavy atom. The summed E-state index contributed by atoms with van der Waals surface area (Å²) >= 11 is 0. The van der Waals surface area contributed by atoms with Crippen LogP contribution in [0.25, 0.3) is 0 Å². The molecule has 1 rings (SSSR count). The fourth-order valence-corrected chi connectivity index (χ4v) is 2.02. The molecule has 0 radical (unpaired) electrons. The van der Waals surface area contributed by atoms with Crippen LogP contribution in [0, 0.1) is 11.8 Å². The van der Waals surface area contributed by atoms with E-state index in [0.29, 0.717) is 5.92 Å². The standard InChI is InChI=1S/C10H21N3O2/c1-7(10(11)12-15)5-13(2)6-8-3-9(14)4-8/h7-9,14-15H,3-6H2,1-2H3,(H2,11,12). The third kappa shape index (κ3) is 3.68. The topological polar surface area (TPSA) is 82.1 Å². The molecule has 0 bridgehead atoms. The summed E-state index contributed by atoms with van der Waals surface area (Å²) in [5, 5.41) is 20.6. The van der Waals surface area contributed by atoms with Crippen LogP contribution in [0.2, 0.25) is 0 Å². The lowest BCUT2D eigenvalue weighted by Crippen LogP contribution is -2.40. The second-order valence-electron chi connectivity index (χ2n) is 4.64. The molecule has 0 aliphatic heterocycles. The highest BCUT2D eigenvalue weighted by atomic mass is 16.4. The molecule has 5 heteroatoms. The summed E-state index contributed by atoms with van der Waals surface area (Å²) in [7, 11) is 2.02. The number of hydrogen-bond acceptors (Lipinski definition) is 4. The van der Waals surface area contributed by atoms with Crippen molar-refractivity contribution in [2.75, 3.05) is 20.1 Å². The molecule has 1 fully saturated rings. The van der Waals surface area contributed by atoms with Crippen molar-refractivity contribution >= 4 is 5.84 Å². The zero-order valence-electron chi connectivity index (χ0n) is 9.43. The summed E-state index contributed by atoms with van der Waals surface area (Å²) in [6.07, 6.45) is 1.72. The number of hydrogen-bond donors (Lipinski definition) is 3. The van der Waals surface area contributed by atoms with E-state index in [2.05, 4.69) is 10.1 Å². The fourth-order valence-electron chi connectivity index (χ4n) is 2.02. The Morgan fingerprint density at radius 2 is 2.20 bits per heavy atom. The third-order valence-electron chi connectivity index (χ3n) is 2.99. The Bertz CT molecular complexity index is 227. The molecule has 5 nitrogen and oxygen atoms in total. The smallest absolute Gasteiger partial charge is 0.143 e. The van der Waals surface area contributed by atoms with Crippen LogP contribution in [-0.2, 0) is 0 Å². The third-order valence-corrected chi connectivity index (χ3v) is 2.99. The van der Waals surface area contributed by atoms with Gasteiger partial charge in [0.05, 0.1) is 6.10 Å². The second-order valence-corrected chi connectivity index (χ2v) is 4.64. The first-order chi connectivity index (χ1) is 7.02. The number of nitrogens with zero attached hydrogens (tertiary/aromatic N) is 2. The average Bonchev–Trinajstić information content (AvgIpc) is 2.14. The molecular formula is C10H21N3O2. The predicted molar refractivity (Wildman–Crippen MR) is 58.8 cm³/mol. The van der Waals surface area contributed by atoms with Gasteiger partial charge in [-0.3, -0.25) is 0 Å². The molecule has 0 heterocycles. The van der Waals surface area contributed by atoms with Crippen molar-refractivity contribution < 1.29 is 10.3 Å². The summed E-state index contributed by atoms with van der Waals surface area (Å²) in [4.78, 5) is 2.17. The number of aliphatic hydroxyl groups is 1. The number of rotatable bonds is 5. The molecule has 15 heavy (non-hydrogen) atoms. The summed E-state index contributed by atoms with van der Waals surface area (Å²) in [6, 6.07) is 0. The Kier molecular flexibility index (Phi) is 4.35. The fraction of sp³-hybridized carbons (Fsp3) is 0.900. The zero-order valence-corrected chi connectivity index (χ0v) is 9.43. The van der Waals surface area contributed by atoms with Crippen molar-refractivity contribution in [1.82, 2.24) is 4.90 Å². The minimum absolute atomic E-state index is 0.0602. The summed E-state index contributed by atoms with van der Waals surface area (Å²) in [5.74, 6) is 0.935. The van der Waals surface area contributed by atoms with Crippen LogP contribution in [0.5, 0.6) is 0 Å². The molecule has 1 aliphatic carbocycles. The van der Waals surface area contributed by atoms with Crippen LogP contribution >= 0.6 is 0 Å². The Morgan fingerprint density at radius 1 is 1.60 bits per heavy atom. The van der Waals surface area contributed by atoms with Gasteiger partial charge in [0.2, 0.25) is 0 Å². The molecule has 0 aromatic heterocycles. The highest BCUT2D eigenvalue weighted by Crippen LogP contribution is 2.27. The molecular weight excluding hydrogens is 194 g/mol. The SMILES string of the molecule is CC(CN(C)CC1CC(O)C1)C(N)=NO. The molecule has 0 saturated heterocycles. The lowest BCUT2D eigenvalue weighted by atomic mass is 9.82. The van der Waals surface area contributed by atoms with Crippen molar-refractivity contribution in [3.63, 3.8) is 0 Å². The first kappa shape index (κ1) is 12.3. The molecule has 0 aromatic carbocycles. The van der Waals surface area contributed by atoms with Gasteiger partial charge in [0.15, 0.2) is 0 Å². The van der Waals surface area contributed by atoms with Crippen LogP contribution in [0.15, 0.2) is 5.16 Å². The van der Waals surface area contributed by atoms with Gasteiger partial charge < -0.3 is 20.9 Å². The van der Waals surface area contributed by atoms with Crippen LogP contribution in [0.1, 0.15) is 19.8 Å². The van der Waals surface area contributed by atoms with Crippen molar-refractivity contribution in [3.8, 4) is 0 Å². The van der Waals surface area contributed by atoms with E-state index in [-0.39, 0.29) is 17.9 Å². The number of nitrogens with two attached hydrogens (primary N) is 1. The lowest BCUT2D eigenvalue weighted by molar-refractivity contribution is 0.0276. The van der Waals surface area contributed by atoms with Gasteiger partial charge in [0, 0.05) is 19.0 Å². The lowest BCUT2D eigenvalue weighted by Gasteiger charge is -2.35. The van der Waals surface area contributed by atoms with E-state index < -0.39 is 0 Å². The largest absolute Gasteiger partial charge is 0.409 e. The minimum Gasteiger partial charge on any atom is -0.409 e. The van der Waals surface area contributed by atoms with Crippen LogP contribution in [0.3, 0.4) is 0 Å². The quantitative estimate of drug-likeness (QED) is 0.262. The maximum atomic E-state index is 9.15. The van der Waals surface area contributed by atoms with E-state index in [9.17, 15) is 0 Å². The molecule has 0 aromatic rings. The van der Waals surface area contributed by atoms with Crippen LogP contribution < -0.4 is 5.73 Å². The minimum atomic E-state index is -0.0927. The first-order valence-electron chi connectivity index (χ1n) is 5.37. The van der Waals surface area contributed by atoms with Crippen LogP contribution in [0.4, 0.5) is 0 Å². The summed E-state index contributed by atoms with van der Waals surface area (Å²) in [6.45, 7) is 3.68. The maximum absolute atomic E-state index is 9.15. The average molecular weight is 215 g/mol. The normalized spacial score (nSPS) is 28.9. The molecule has 1 unspecified atom stereocenters. The van der Waals surface area contributed by atoms with Crippen LogP contribution in [-0.4, -0.2) is 47.3 Å². The monoisotopic (exact) mass is 215 g/mol. The second kappa shape index (κ2) is 5.32. The molecule has 88 valence electrons. The van der Waals surface area contributed by atoms with E-state index >= 15 is 0 Å². The van der Waals surface area contributed by atoms with Gasteiger partial charge in [-0.05, 0) is 25.8 Å². The van der Waals surface area contributed by atoms with E-state index in [1.165, 1.54) is 0 Å². The first-order valence-corrected chi connectivity index (χ1v) is 5.37. The maximum Gasteiger partial charge on any atom is 0.143 e. The van der Waals surface area contributed by atoms with E-state index in [4.69, 9.17) is 16.0 Å². The van der Waals surface area contributed by atoms with Gasteiger partial charge in [-0.15, -0.1) is 0 Å². The van der Waals surface area contributed by atoms with Gasteiger partial charge in [0.1, 0.15) is 5.84 Å². The van der Waals surface area contributed by atoms with Crippen molar-refractivity contribution in [1.29, 1.82) is 0 Å². The Labute approximate surface area is 90.6 Å². The van der Waals surface area contributed by atoms with Crippen molar-refractivity contribution in [3.05, 3.63) is 0 Å². The molecule has 0 spiro atoms. The predicted octanol–water partition coefficient (Wildman–Crippen LogP) is 0.0716. The number of oxime groups is 1. The molecule has 1 aliphatic rings. The van der Waals surface area contributed by atoms with Gasteiger partial charge in [-0.2, -0.15) is 0 Å². The highest BCUT2D eigenvalue weighted by molar-refractivity contribution is 5.82. The van der Waals surface area contributed by atoms with Gasteiger partial charge >= 0.3 is 0 Å². The van der Waals surface area contributed by atoms with E-state index in [1.807, 2.05) is 14.0 Å². The summed E-state index contributed by atoms with van der Waals surface area (Å²) < 4.78 is 0. The highest BCUT2D eigenvalue weighted by Gasteiger charge is 2.28. The van der Waals surface area contributed by atoms with Crippen molar-refractivity contribution in [2.24, 2.45) is 22.7 Å². The molecule has 1 atom stereocenters. The van der Waals surface area contributed by atoms with E-state index in [0.717, 1.165) is 25.9 Å². The number of amidine groups is 1. The van der Waals surface area contributed by atoms with Crippen molar-refractivity contribution in [2.45, 2.75) is 25.9 Å². The molecule has 4 N–H and O–H groups in total. The number of aliphatic hydroxyl groups excluding tert-OH is 1. The molecule has 1 saturated carbocycles. The molecule has 0 amide bonds. The van der Waals surface area contributed by atoms with Gasteiger partial charge in [-0.25, -0.2) is 0 Å². The van der Waals surface area contributed by atoms with Gasteiger partial charge in [0.25, 0.3) is 0 Å². The Balaban J connectivity index is 2.20.